The van der Waals surface area contributed by atoms with Gasteiger partial charge in [0.15, 0.2) is 5.95 Å². The highest BCUT2D eigenvalue weighted by Crippen LogP contribution is 2.36. The van der Waals surface area contributed by atoms with Gasteiger partial charge in [0.1, 0.15) is 0 Å². The number of nitrogen functional groups attached to an aromatic ring is 1. The van der Waals surface area contributed by atoms with Gasteiger partial charge >= 0.3 is 0 Å². The average Bonchev–Trinajstić information content (AvgIpc) is 3.02. The Morgan fingerprint density at radius 1 is 1.04 bits per heavy atom. The molecule has 0 fully saturated rings. The molecule has 3 aromatic rings. The predicted molar refractivity (Wildman–Crippen MR) is 107 cm³/mol. The van der Waals surface area contributed by atoms with Gasteiger partial charge in [-0.1, -0.05) is 29.8 Å². The molecule has 0 radical (unpaired) electrons. The summed E-state index contributed by atoms with van der Waals surface area (Å²) in [4.78, 5) is 22.5. The van der Waals surface area contributed by atoms with Crippen molar-refractivity contribution in [1.82, 2.24) is 9.97 Å². The van der Waals surface area contributed by atoms with Crippen molar-refractivity contribution in [1.29, 1.82) is 0 Å². The number of carbonyl (C=O) groups excluding carboxylic acids is 1. The monoisotopic (exact) mass is 349 g/mol. The molecule has 6 heteroatoms. The fourth-order valence-electron chi connectivity index (χ4n) is 3.00. The summed E-state index contributed by atoms with van der Waals surface area (Å²) in [5, 5.41) is 0. The first-order chi connectivity index (χ1) is 12.4. The number of nitrogens with two attached hydrogens (primary N) is 1. The van der Waals surface area contributed by atoms with E-state index in [1.165, 1.54) is 0 Å². The predicted octanol–water partition coefficient (Wildman–Crippen LogP) is 3.29. The molecule has 0 bridgehead atoms. The van der Waals surface area contributed by atoms with Gasteiger partial charge in [0, 0.05) is 32.3 Å². The lowest BCUT2D eigenvalue weighted by atomic mass is 10.0. The number of nitrogens with one attached hydrogen (secondary N) is 1. The van der Waals surface area contributed by atoms with Gasteiger partial charge in [-0.25, -0.2) is 4.98 Å². The standard InChI is InChI=1S/C20H23N5O/c1-13-6-5-7-14(10-13)18-19(23-20(21)22-18)15-8-9-16(24(2)3)17(11-15)25(4)12-26/h5-12H,1-4H3,(H3,21,22,23). The first-order valence-electron chi connectivity index (χ1n) is 8.33. The Labute approximate surface area is 153 Å². The summed E-state index contributed by atoms with van der Waals surface area (Å²) in [6, 6.07) is 14.1. The molecule has 0 saturated carbocycles. The van der Waals surface area contributed by atoms with Crippen molar-refractivity contribution < 1.29 is 4.79 Å². The van der Waals surface area contributed by atoms with Crippen LogP contribution in [0.25, 0.3) is 22.5 Å². The fraction of sp³-hybridized carbons (Fsp3) is 0.200. The van der Waals surface area contributed by atoms with Gasteiger partial charge in [0.2, 0.25) is 6.41 Å². The Balaban J connectivity index is 2.17. The summed E-state index contributed by atoms with van der Waals surface area (Å²) >= 11 is 0. The lowest BCUT2D eigenvalue weighted by Gasteiger charge is -2.22. The molecule has 2 aromatic carbocycles. The molecule has 1 heterocycles. The maximum atomic E-state index is 11.3. The van der Waals surface area contributed by atoms with Gasteiger partial charge < -0.3 is 20.5 Å². The van der Waals surface area contributed by atoms with Gasteiger partial charge in [-0.05, 0) is 25.1 Å². The van der Waals surface area contributed by atoms with E-state index in [2.05, 4.69) is 16.0 Å². The second kappa shape index (κ2) is 6.92. The van der Waals surface area contributed by atoms with Crippen LogP contribution in [0.2, 0.25) is 0 Å². The van der Waals surface area contributed by atoms with Crippen molar-refractivity contribution in [3.8, 4) is 22.5 Å². The van der Waals surface area contributed by atoms with Crippen molar-refractivity contribution in [2.24, 2.45) is 0 Å². The second-order valence-corrected chi connectivity index (χ2v) is 6.53. The van der Waals surface area contributed by atoms with Crippen molar-refractivity contribution >= 4 is 23.7 Å². The molecule has 3 rings (SSSR count). The molecular weight excluding hydrogens is 326 g/mol. The highest BCUT2D eigenvalue weighted by atomic mass is 16.1. The normalized spacial score (nSPS) is 10.6. The third kappa shape index (κ3) is 3.26. The minimum absolute atomic E-state index is 0.360. The summed E-state index contributed by atoms with van der Waals surface area (Å²) < 4.78 is 0. The number of aromatic nitrogens is 2. The van der Waals surface area contributed by atoms with Crippen LogP contribution in [0, 0.1) is 6.92 Å². The Morgan fingerprint density at radius 2 is 1.81 bits per heavy atom. The molecule has 134 valence electrons. The molecule has 0 aliphatic heterocycles. The molecule has 3 N–H and O–H groups in total. The van der Waals surface area contributed by atoms with Crippen molar-refractivity contribution in [3.63, 3.8) is 0 Å². The van der Waals surface area contributed by atoms with Crippen LogP contribution in [0.5, 0.6) is 0 Å². The van der Waals surface area contributed by atoms with E-state index in [1.807, 2.05) is 62.3 Å². The Morgan fingerprint density at radius 3 is 2.46 bits per heavy atom. The zero-order valence-electron chi connectivity index (χ0n) is 15.4. The summed E-state index contributed by atoms with van der Waals surface area (Å²) in [7, 11) is 5.63. The number of imidazole rings is 1. The van der Waals surface area contributed by atoms with Gasteiger partial charge in [0.25, 0.3) is 0 Å². The smallest absolute Gasteiger partial charge is 0.213 e. The van der Waals surface area contributed by atoms with E-state index in [0.717, 1.165) is 45.9 Å². The van der Waals surface area contributed by atoms with Crippen molar-refractivity contribution in [2.75, 3.05) is 36.7 Å². The molecule has 1 amide bonds. The molecule has 26 heavy (non-hydrogen) atoms. The Hall–Kier alpha value is -3.28. The number of rotatable bonds is 5. The average molecular weight is 349 g/mol. The maximum Gasteiger partial charge on any atom is 0.213 e. The quantitative estimate of drug-likeness (QED) is 0.693. The second-order valence-electron chi connectivity index (χ2n) is 6.53. The molecule has 0 unspecified atom stereocenters. The number of H-pyrrole nitrogens is 1. The lowest BCUT2D eigenvalue weighted by molar-refractivity contribution is -0.107. The van der Waals surface area contributed by atoms with Crippen LogP contribution in [0.1, 0.15) is 5.56 Å². The maximum absolute atomic E-state index is 11.3. The number of hydrogen-bond acceptors (Lipinski definition) is 4. The van der Waals surface area contributed by atoms with Crippen molar-refractivity contribution in [2.45, 2.75) is 6.92 Å². The number of carbonyl (C=O) groups is 1. The molecule has 1 aromatic heterocycles. The molecule has 0 saturated heterocycles. The number of benzene rings is 2. The van der Waals surface area contributed by atoms with Crippen LogP contribution in [0.15, 0.2) is 42.5 Å². The number of aromatic amines is 1. The van der Waals surface area contributed by atoms with Crippen LogP contribution in [0.3, 0.4) is 0 Å². The highest BCUT2D eigenvalue weighted by Gasteiger charge is 2.16. The van der Waals surface area contributed by atoms with E-state index in [1.54, 1.807) is 11.9 Å². The molecular formula is C20H23N5O. The minimum atomic E-state index is 0.360. The van der Waals surface area contributed by atoms with E-state index < -0.39 is 0 Å². The van der Waals surface area contributed by atoms with Crippen LogP contribution in [-0.4, -0.2) is 37.5 Å². The molecule has 6 nitrogen and oxygen atoms in total. The van der Waals surface area contributed by atoms with E-state index in [9.17, 15) is 4.79 Å². The van der Waals surface area contributed by atoms with Crippen LogP contribution in [0.4, 0.5) is 17.3 Å². The first kappa shape index (κ1) is 17.5. The molecule has 0 atom stereocenters. The number of hydrogen-bond donors (Lipinski definition) is 2. The van der Waals surface area contributed by atoms with Crippen LogP contribution < -0.4 is 15.5 Å². The van der Waals surface area contributed by atoms with Gasteiger partial charge in [0.05, 0.1) is 22.8 Å². The zero-order chi connectivity index (χ0) is 18.8. The fourth-order valence-corrected chi connectivity index (χ4v) is 3.00. The third-order valence-electron chi connectivity index (χ3n) is 4.30. The molecule has 0 aliphatic carbocycles. The van der Waals surface area contributed by atoms with Crippen LogP contribution in [-0.2, 0) is 4.79 Å². The summed E-state index contributed by atoms with van der Waals surface area (Å²) in [6.07, 6.45) is 0.800. The Bertz CT molecular complexity index is 945. The highest BCUT2D eigenvalue weighted by molar-refractivity contribution is 5.89. The molecule has 0 spiro atoms. The lowest BCUT2D eigenvalue weighted by Crippen LogP contribution is -2.19. The van der Waals surface area contributed by atoms with Gasteiger partial charge in [-0.15, -0.1) is 0 Å². The van der Waals surface area contributed by atoms with Crippen LogP contribution >= 0.6 is 0 Å². The number of anilines is 3. The topological polar surface area (TPSA) is 78.2 Å². The third-order valence-corrected chi connectivity index (χ3v) is 4.30. The van der Waals surface area contributed by atoms with E-state index in [-0.39, 0.29) is 0 Å². The summed E-state index contributed by atoms with van der Waals surface area (Å²) in [5.41, 5.74) is 12.4. The van der Waals surface area contributed by atoms with E-state index >= 15 is 0 Å². The van der Waals surface area contributed by atoms with Gasteiger partial charge in [-0.2, -0.15) is 0 Å². The summed E-state index contributed by atoms with van der Waals surface area (Å²) in [5.74, 6) is 0.360. The summed E-state index contributed by atoms with van der Waals surface area (Å²) in [6.45, 7) is 2.04. The van der Waals surface area contributed by atoms with Gasteiger partial charge in [-0.3, -0.25) is 4.79 Å². The Kier molecular flexibility index (Phi) is 4.67. The SMILES string of the molecule is Cc1cccc(-c2nc(N)[nH]c2-c2ccc(N(C)C)c(N(C)C=O)c2)c1. The number of nitrogens with zero attached hydrogens (tertiary/aromatic N) is 3. The van der Waals surface area contributed by atoms with E-state index in [0.29, 0.717) is 5.95 Å². The number of aryl methyl sites for hydroxylation is 1. The van der Waals surface area contributed by atoms with Crippen molar-refractivity contribution in [3.05, 3.63) is 48.0 Å². The zero-order valence-corrected chi connectivity index (χ0v) is 15.4. The molecule has 0 aliphatic rings. The minimum Gasteiger partial charge on any atom is -0.376 e. The number of amides is 1. The van der Waals surface area contributed by atoms with E-state index in [4.69, 9.17) is 5.73 Å². The first-order valence-corrected chi connectivity index (χ1v) is 8.33. The largest absolute Gasteiger partial charge is 0.376 e.